The van der Waals surface area contributed by atoms with Gasteiger partial charge in [0.2, 0.25) is 5.91 Å². The molecule has 0 rings (SSSR count). The summed E-state index contributed by atoms with van der Waals surface area (Å²) < 4.78 is 7.93. The summed E-state index contributed by atoms with van der Waals surface area (Å²) >= 11 is 1.77. The van der Waals surface area contributed by atoms with E-state index in [-0.39, 0.29) is 12.5 Å². The van der Waals surface area contributed by atoms with Crippen molar-refractivity contribution in [3.8, 4) is 0 Å². The van der Waals surface area contributed by atoms with E-state index in [4.69, 9.17) is 10.5 Å². The van der Waals surface area contributed by atoms with Gasteiger partial charge in [0.1, 0.15) is 5.60 Å². The Hall–Kier alpha value is -0.708. The molecule has 0 aliphatic carbocycles. The van der Waals surface area contributed by atoms with E-state index in [1.807, 2.05) is 0 Å². The molecule has 0 saturated carbocycles. The van der Waals surface area contributed by atoms with Crippen LogP contribution in [0.3, 0.4) is 0 Å². The van der Waals surface area contributed by atoms with Crippen LogP contribution in [0, 0.1) is 0 Å². The van der Waals surface area contributed by atoms with Gasteiger partial charge in [0, 0.05) is 13.1 Å². The molecular formula is C15H31IN6O4Pb. The number of nitrogens with two attached hydrogens (primary N) is 1. The molecule has 156 valence electrons. The molecule has 27 heavy (non-hydrogen) atoms. The molecule has 0 fully saturated rings. The Morgan fingerprint density at radius 2 is 1.81 bits per heavy atom. The van der Waals surface area contributed by atoms with Crippen LogP contribution in [0.4, 0.5) is 0 Å². The van der Waals surface area contributed by atoms with E-state index in [0.29, 0.717) is 19.0 Å². The SMILES string of the molecule is CCCN=C(N)[NH][Pb][I].CNCCNC(=O)CNC(=O)C(=O)OC(C)(C)C. The molecule has 0 atom stereocenters. The Labute approximate surface area is 182 Å². The Bertz CT molecular complexity index is 485. The van der Waals surface area contributed by atoms with Gasteiger partial charge in [-0.15, -0.1) is 0 Å². The number of amides is 2. The van der Waals surface area contributed by atoms with Crippen LogP contribution >= 0.6 is 17.8 Å². The molecule has 0 saturated heterocycles. The third-order valence-electron chi connectivity index (χ3n) is 2.37. The van der Waals surface area contributed by atoms with Gasteiger partial charge in [-0.05, 0) is 27.8 Å². The summed E-state index contributed by atoms with van der Waals surface area (Å²) in [5, 5.41) is 7.60. The Kier molecular flexibility index (Phi) is 18.4. The van der Waals surface area contributed by atoms with Gasteiger partial charge in [-0.2, -0.15) is 0 Å². The molecule has 2 amide bonds. The number of guanidine groups is 1. The van der Waals surface area contributed by atoms with Crippen LogP contribution in [0.15, 0.2) is 4.99 Å². The maximum Gasteiger partial charge on any atom is 0.397 e. The number of nitrogens with zero attached hydrogens (tertiary/aromatic N) is 1. The second-order valence-corrected chi connectivity index (χ2v) is 12.6. The largest absolute Gasteiger partial charge is 0.453 e. The molecule has 0 aromatic carbocycles. The molecule has 0 aliphatic rings. The third-order valence-corrected chi connectivity index (χ3v) is 6.10. The Balaban J connectivity index is 0. The Morgan fingerprint density at radius 3 is 2.30 bits per heavy atom. The molecule has 0 aromatic heterocycles. The minimum absolute atomic E-state index is 0.248. The molecule has 0 bridgehead atoms. The number of halogens is 1. The second kappa shape index (κ2) is 17.4. The van der Waals surface area contributed by atoms with Crippen molar-refractivity contribution in [2.24, 2.45) is 10.7 Å². The summed E-state index contributed by atoms with van der Waals surface area (Å²) in [6.45, 7) is 8.74. The van der Waals surface area contributed by atoms with E-state index in [9.17, 15) is 14.4 Å². The first-order valence-corrected chi connectivity index (χ1v) is 21.3. The van der Waals surface area contributed by atoms with Gasteiger partial charge in [0.15, 0.2) is 0 Å². The van der Waals surface area contributed by atoms with Crippen molar-refractivity contribution < 1.29 is 19.1 Å². The van der Waals surface area contributed by atoms with E-state index in [0.717, 1.165) is 13.0 Å². The monoisotopic (exact) mass is 694 g/mol. The molecule has 12 heteroatoms. The zero-order chi connectivity index (χ0) is 21.3. The van der Waals surface area contributed by atoms with Crippen molar-refractivity contribution in [1.82, 2.24) is 19.1 Å². The Morgan fingerprint density at radius 1 is 1.19 bits per heavy atom. The molecule has 0 spiro atoms. The van der Waals surface area contributed by atoms with Crippen molar-refractivity contribution in [2.45, 2.75) is 39.7 Å². The zero-order valence-electron chi connectivity index (χ0n) is 16.6. The number of carbonyl (C=O) groups excluding carboxylic acids is 3. The number of rotatable bonds is 8. The quantitative estimate of drug-likeness (QED) is 0.0420. The van der Waals surface area contributed by atoms with Crippen molar-refractivity contribution in [2.75, 3.05) is 33.2 Å². The van der Waals surface area contributed by atoms with Crippen LogP contribution < -0.4 is 24.8 Å². The van der Waals surface area contributed by atoms with Gasteiger partial charge in [-0.3, -0.25) is 9.59 Å². The van der Waals surface area contributed by atoms with E-state index in [1.54, 1.807) is 27.8 Å². The fourth-order valence-electron chi connectivity index (χ4n) is 1.27. The fraction of sp³-hybridized carbons (Fsp3) is 0.733. The topological polar surface area (TPSA) is 147 Å². The number of ether oxygens (including phenoxy) is 1. The molecule has 2 radical (unpaired) electrons. The van der Waals surface area contributed by atoms with Crippen LogP contribution in [-0.4, -0.2) is 82.8 Å². The maximum atomic E-state index is 11.3. The molecule has 6 N–H and O–H groups in total. The van der Waals surface area contributed by atoms with Crippen LogP contribution in [0.5, 0.6) is 0 Å². The summed E-state index contributed by atoms with van der Waals surface area (Å²) in [5.41, 5.74) is 4.72. The van der Waals surface area contributed by atoms with E-state index in [2.05, 4.69) is 48.8 Å². The molecule has 0 heterocycles. The zero-order valence-corrected chi connectivity index (χ0v) is 22.6. The molecule has 0 unspecified atom stereocenters. The van der Waals surface area contributed by atoms with E-state index >= 15 is 0 Å². The van der Waals surface area contributed by atoms with Crippen molar-refractivity contribution >= 4 is 61.7 Å². The van der Waals surface area contributed by atoms with Gasteiger partial charge < -0.3 is 20.7 Å². The smallest absolute Gasteiger partial charge is 0.397 e. The van der Waals surface area contributed by atoms with Gasteiger partial charge in [0.25, 0.3) is 0 Å². The van der Waals surface area contributed by atoms with Crippen LogP contribution in [-0.2, 0) is 19.1 Å². The summed E-state index contributed by atoms with van der Waals surface area (Å²) in [7, 11) is 1.76. The summed E-state index contributed by atoms with van der Waals surface area (Å²) in [5.74, 6) is -1.64. The van der Waals surface area contributed by atoms with E-state index in [1.165, 1.54) is 0 Å². The van der Waals surface area contributed by atoms with Crippen LogP contribution in [0.1, 0.15) is 34.1 Å². The third kappa shape index (κ3) is 21.5. The maximum absolute atomic E-state index is 11.3. The van der Waals surface area contributed by atoms with Gasteiger partial charge in [-0.25, -0.2) is 4.79 Å². The number of aliphatic imine (C=N–C) groups is 1. The fourth-order valence-corrected chi connectivity index (χ4v) is 4.38. The second-order valence-electron chi connectivity index (χ2n) is 6.12. The minimum Gasteiger partial charge on any atom is -0.453 e. The van der Waals surface area contributed by atoms with Crippen molar-refractivity contribution in [1.29, 1.82) is 0 Å². The number of nitrogens with one attached hydrogen (secondary N) is 4. The number of hydrogen-bond acceptors (Lipinski definition) is 6. The molecule has 0 aromatic rings. The van der Waals surface area contributed by atoms with Gasteiger partial charge in [0.05, 0.1) is 6.54 Å². The number of likely N-dealkylation sites (N-methyl/N-ethyl adjacent to an activating group) is 1. The average molecular weight is 694 g/mol. The summed E-state index contributed by atoms with van der Waals surface area (Å²) in [6, 6.07) is 0. The first-order valence-electron chi connectivity index (χ1n) is 8.41. The van der Waals surface area contributed by atoms with Crippen LogP contribution in [0.25, 0.3) is 0 Å². The van der Waals surface area contributed by atoms with Gasteiger partial charge >= 0.3 is 89.6 Å². The van der Waals surface area contributed by atoms with Gasteiger partial charge in [-0.1, -0.05) is 0 Å². The number of hydrogen-bond donors (Lipinski definition) is 5. The predicted octanol–water partition coefficient (Wildman–Crippen LogP) is -0.950. The van der Waals surface area contributed by atoms with Crippen LogP contribution in [0.2, 0.25) is 0 Å². The normalized spacial score (nSPS) is 11.0. The predicted molar refractivity (Wildman–Crippen MR) is 115 cm³/mol. The average Bonchev–Trinajstić information content (AvgIpc) is 2.57. The first kappa shape index (κ1) is 28.5. The van der Waals surface area contributed by atoms with Crippen molar-refractivity contribution in [3.05, 3.63) is 0 Å². The molecule has 10 nitrogen and oxygen atoms in total. The van der Waals surface area contributed by atoms with E-state index < -0.39 is 37.7 Å². The summed E-state index contributed by atoms with van der Waals surface area (Å²) in [6.07, 6.45) is 1.07. The van der Waals surface area contributed by atoms with Crippen molar-refractivity contribution in [3.63, 3.8) is 0 Å². The number of carbonyl (C=O) groups is 3. The standard InChI is InChI=1S/C11H21N3O4.C4H10N3.HI.Pb/c1-11(2,3)18-10(17)9(16)14-7-8(15)13-6-5-12-4;1-2-3-7-4(5)6;;/h12H,5-7H2,1-4H3,(H,13,15)(H,14,16);2-3H2,1H3,(H3-,5,6,7);1H;/q;-1;;+2/p-1. The number of esters is 1. The minimum atomic E-state index is -0.995. The molecule has 0 aliphatic heterocycles. The first-order chi connectivity index (χ1) is 12.6. The molecular weight excluding hydrogens is 662 g/mol. The summed E-state index contributed by atoms with van der Waals surface area (Å²) in [4.78, 5) is 37.8.